The molecule has 0 radical (unpaired) electrons. The van der Waals surface area contributed by atoms with Crippen LogP contribution in [0, 0.1) is 0 Å². The number of pyridine rings is 1. The first kappa shape index (κ1) is 18.1. The van der Waals surface area contributed by atoms with Gasteiger partial charge >= 0.3 is 6.03 Å². The SMILES string of the molecule is C[C@H](NC(=O)NC1CCN(CCc2ccncc2)CC1)[C@H]1CCCO1. The van der Waals surface area contributed by atoms with Crippen LogP contribution >= 0.6 is 0 Å². The summed E-state index contributed by atoms with van der Waals surface area (Å²) in [5.74, 6) is 0. The number of hydrogen-bond acceptors (Lipinski definition) is 4. The zero-order valence-electron chi connectivity index (χ0n) is 15.1. The van der Waals surface area contributed by atoms with Crippen molar-refractivity contribution in [1.29, 1.82) is 0 Å². The van der Waals surface area contributed by atoms with E-state index in [2.05, 4.69) is 32.7 Å². The van der Waals surface area contributed by atoms with Gasteiger partial charge in [0.25, 0.3) is 0 Å². The fourth-order valence-electron chi connectivity index (χ4n) is 3.66. The van der Waals surface area contributed by atoms with Crippen molar-refractivity contribution < 1.29 is 9.53 Å². The number of aromatic nitrogens is 1. The summed E-state index contributed by atoms with van der Waals surface area (Å²) in [4.78, 5) is 18.7. The Labute approximate surface area is 150 Å². The Hall–Kier alpha value is -1.66. The standard InChI is InChI=1S/C19H30N4O2/c1-15(18-3-2-14-25-18)21-19(24)22-17-7-12-23(13-8-17)11-6-16-4-9-20-10-5-16/h4-5,9-10,15,17-18H,2-3,6-8,11-14H2,1H3,(H2,21,22,24)/t15-,18+/m0/s1. The lowest BCUT2D eigenvalue weighted by molar-refractivity contribution is 0.0855. The molecule has 2 fully saturated rings. The predicted octanol–water partition coefficient (Wildman–Crippen LogP) is 1.96. The van der Waals surface area contributed by atoms with Crippen LogP contribution in [0.5, 0.6) is 0 Å². The summed E-state index contributed by atoms with van der Waals surface area (Å²) in [7, 11) is 0. The van der Waals surface area contributed by atoms with E-state index < -0.39 is 0 Å². The van der Waals surface area contributed by atoms with E-state index in [1.165, 1.54) is 5.56 Å². The highest BCUT2D eigenvalue weighted by Crippen LogP contribution is 2.15. The van der Waals surface area contributed by atoms with E-state index >= 15 is 0 Å². The molecule has 2 saturated heterocycles. The van der Waals surface area contributed by atoms with Crippen molar-refractivity contribution in [3.8, 4) is 0 Å². The van der Waals surface area contributed by atoms with E-state index in [0.717, 1.165) is 58.3 Å². The molecule has 1 aromatic rings. The van der Waals surface area contributed by atoms with Crippen LogP contribution in [-0.2, 0) is 11.2 Å². The van der Waals surface area contributed by atoms with E-state index in [1.807, 2.05) is 19.3 Å². The van der Waals surface area contributed by atoms with Gasteiger partial charge in [-0.1, -0.05) is 0 Å². The number of hydrogen-bond donors (Lipinski definition) is 2. The first-order chi connectivity index (χ1) is 12.2. The fourth-order valence-corrected chi connectivity index (χ4v) is 3.66. The third-order valence-electron chi connectivity index (χ3n) is 5.27. The zero-order chi connectivity index (χ0) is 17.5. The Morgan fingerprint density at radius 2 is 2.08 bits per heavy atom. The number of nitrogens with one attached hydrogen (secondary N) is 2. The lowest BCUT2D eigenvalue weighted by atomic mass is 10.0. The minimum Gasteiger partial charge on any atom is -0.376 e. The number of ether oxygens (including phenoxy) is 1. The summed E-state index contributed by atoms with van der Waals surface area (Å²) in [5.41, 5.74) is 1.33. The molecule has 2 aliphatic rings. The molecule has 2 aliphatic heterocycles. The molecule has 6 heteroatoms. The lowest BCUT2D eigenvalue weighted by Gasteiger charge is -2.32. The van der Waals surface area contributed by atoms with Gasteiger partial charge in [-0.3, -0.25) is 4.98 Å². The van der Waals surface area contributed by atoms with Crippen molar-refractivity contribution in [3.63, 3.8) is 0 Å². The molecule has 2 atom stereocenters. The molecular formula is C19H30N4O2. The molecule has 1 aromatic heterocycles. The molecule has 25 heavy (non-hydrogen) atoms. The predicted molar refractivity (Wildman–Crippen MR) is 97.5 cm³/mol. The van der Waals surface area contributed by atoms with Gasteiger partial charge in [-0.25, -0.2) is 4.79 Å². The number of carbonyl (C=O) groups is 1. The summed E-state index contributed by atoms with van der Waals surface area (Å²) in [6, 6.07) is 4.44. The Balaban J connectivity index is 1.32. The molecule has 0 spiro atoms. The molecule has 0 aromatic carbocycles. The largest absolute Gasteiger partial charge is 0.376 e. The lowest BCUT2D eigenvalue weighted by Crippen LogP contribution is -2.51. The number of carbonyl (C=O) groups excluding carboxylic acids is 1. The molecular weight excluding hydrogens is 316 g/mol. The van der Waals surface area contributed by atoms with Crippen LogP contribution in [-0.4, -0.2) is 60.3 Å². The van der Waals surface area contributed by atoms with E-state index in [-0.39, 0.29) is 24.2 Å². The molecule has 0 saturated carbocycles. The van der Waals surface area contributed by atoms with Gasteiger partial charge in [0.1, 0.15) is 0 Å². The van der Waals surface area contributed by atoms with Crippen LogP contribution in [0.2, 0.25) is 0 Å². The minimum atomic E-state index is -0.0572. The minimum absolute atomic E-state index is 0.0572. The molecule has 0 bridgehead atoms. The molecule has 2 amide bonds. The summed E-state index contributed by atoms with van der Waals surface area (Å²) in [5, 5.41) is 6.16. The summed E-state index contributed by atoms with van der Waals surface area (Å²) in [6.07, 6.45) is 9.08. The van der Waals surface area contributed by atoms with Gasteiger partial charge in [-0.05, 0) is 56.7 Å². The van der Waals surface area contributed by atoms with E-state index in [1.54, 1.807) is 0 Å². The third kappa shape index (κ3) is 5.68. The van der Waals surface area contributed by atoms with Crippen LogP contribution in [0.3, 0.4) is 0 Å². The van der Waals surface area contributed by atoms with Gasteiger partial charge in [0.15, 0.2) is 0 Å². The maximum atomic E-state index is 12.2. The van der Waals surface area contributed by atoms with Gasteiger partial charge in [0.2, 0.25) is 0 Å². The highest BCUT2D eigenvalue weighted by Gasteiger charge is 2.25. The molecule has 2 N–H and O–H groups in total. The van der Waals surface area contributed by atoms with Gasteiger partial charge in [-0.2, -0.15) is 0 Å². The highest BCUT2D eigenvalue weighted by atomic mass is 16.5. The van der Waals surface area contributed by atoms with Gasteiger partial charge < -0.3 is 20.3 Å². The van der Waals surface area contributed by atoms with Crippen LogP contribution in [0.4, 0.5) is 4.79 Å². The Bertz CT molecular complexity index is 525. The summed E-state index contributed by atoms with van der Waals surface area (Å²) in [6.45, 7) is 5.99. The second-order valence-corrected chi connectivity index (χ2v) is 7.18. The second-order valence-electron chi connectivity index (χ2n) is 7.18. The number of rotatable bonds is 6. The van der Waals surface area contributed by atoms with Crippen molar-refractivity contribution >= 4 is 6.03 Å². The smallest absolute Gasteiger partial charge is 0.315 e. The van der Waals surface area contributed by atoms with Crippen LogP contribution in [0.25, 0.3) is 0 Å². The van der Waals surface area contributed by atoms with Gasteiger partial charge in [-0.15, -0.1) is 0 Å². The molecule has 6 nitrogen and oxygen atoms in total. The molecule has 3 rings (SSSR count). The number of piperidine rings is 1. The Kier molecular flexibility index (Phi) is 6.64. The van der Waals surface area contributed by atoms with E-state index in [4.69, 9.17) is 4.74 Å². The highest BCUT2D eigenvalue weighted by molar-refractivity contribution is 5.74. The normalized spacial score (nSPS) is 23.3. The van der Waals surface area contributed by atoms with Gasteiger partial charge in [0, 0.05) is 44.7 Å². The summed E-state index contributed by atoms with van der Waals surface area (Å²) >= 11 is 0. The quantitative estimate of drug-likeness (QED) is 0.826. The van der Waals surface area contributed by atoms with Gasteiger partial charge in [0.05, 0.1) is 12.1 Å². The Morgan fingerprint density at radius 3 is 2.76 bits per heavy atom. The average molecular weight is 346 g/mol. The number of likely N-dealkylation sites (tertiary alicyclic amines) is 1. The van der Waals surface area contributed by atoms with Crippen LogP contribution in [0.15, 0.2) is 24.5 Å². The van der Waals surface area contributed by atoms with Crippen molar-refractivity contribution in [2.24, 2.45) is 0 Å². The zero-order valence-corrected chi connectivity index (χ0v) is 15.1. The second kappa shape index (κ2) is 9.15. The topological polar surface area (TPSA) is 66.5 Å². The number of urea groups is 1. The maximum absolute atomic E-state index is 12.2. The Morgan fingerprint density at radius 1 is 1.32 bits per heavy atom. The van der Waals surface area contributed by atoms with Crippen LogP contribution in [0.1, 0.15) is 38.2 Å². The van der Waals surface area contributed by atoms with Crippen molar-refractivity contribution in [2.45, 2.75) is 57.2 Å². The molecule has 138 valence electrons. The number of nitrogens with zero attached hydrogens (tertiary/aromatic N) is 2. The van der Waals surface area contributed by atoms with Crippen molar-refractivity contribution in [1.82, 2.24) is 20.5 Å². The van der Waals surface area contributed by atoms with E-state index in [0.29, 0.717) is 0 Å². The van der Waals surface area contributed by atoms with Crippen molar-refractivity contribution in [3.05, 3.63) is 30.1 Å². The van der Waals surface area contributed by atoms with E-state index in [9.17, 15) is 4.79 Å². The molecule has 3 heterocycles. The monoisotopic (exact) mass is 346 g/mol. The summed E-state index contributed by atoms with van der Waals surface area (Å²) < 4.78 is 5.63. The maximum Gasteiger partial charge on any atom is 0.315 e. The fraction of sp³-hybridized carbons (Fsp3) is 0.684. The number of amides is 2. The first-order valence-corrected chi connectivity index (χ1v) is 9.50. The van der Waals surface area contributed by atoms with Crippen molar-refractivity contribution in [2.75, 3.05) is 26.2 Å². The molecule has 0 unspecified atom stereocenters. The first-order valence-electron chi connectivity index (χ1n) is 9.50. The average Bonchev–Trinajstić information content (AvgIpc) is 3.17. The van der Waals surface area contributed by atoms with Crippen LogP contribution < -0.4 is 10.6 Å². The molecule has 0 aliphatic carbocycles. The third-order valence-corrected chi connectivity index (χ3v) is 5.27.